The Morgan fingerprint density at radius 2 is 2.06 bits per heavy atom. The maximum atomic E-state index is 12.3. The molecule has 0 heterocycles. The molecule has 6 heteroatoms. The van der Waals surface area contributed by atoms with Crippen molar-refractivity contribution in [2.45, 2.75) is 19.2 Å². The van der Waals surface area contributed by atoms with Crippen LogP contribution in [0.3, 0.4) is 0 Å². The molecule has 0 fully saturated rings. The molecule has 0 aliphatic heterocycles. The van der Waals surface area contributed by atoms with Gasteiger partial charge in [0.25, 0.3) is 0 Å². The smallest absolute Gasteiger partial charge is 0.416 e. The molecule has 1 unspecified atom stereocenters. The average molecular weight is 232 g/mol. The summed E-state index contributed by atoms with van der Waals surface area (Å²) in [5.74, 6) is -0.199. The predicted octanol–water partition coefficient (Wildman–Crippen LogP) is 2.41. The summed E-state index contributed by atoms with van der Waals surface area (Å²) in [7, 11) is 0. The van der Waals surface area contributed by atoms with E-state index in [1.54, 1.807) is 0 Å². The fraction of sp³-hybridized carbons (Fsp3) is 0.300. The molecule has 0 aliphatic carbocycles. The van der Waals surface area contributed by atoms with Gasteiger partial charge < -0.3 is 10.5 Å². The molecular weight excluding hydrogens is 221 g/mol. The van der Waals surface area contributed by atoms with Crippen molar-refractivity contribution in [2.75, 3.05) is 0 Å². The summed E-state index contributed by atoms with van der Waals surface area (Å²) in [6.07, 6.45) is -5.15. The monoisotopic (exact) mass is 232 g/mol. The summed E-state index contributed by atoms with van der Waals surface area (Å²) in [5, 5.41) is 7.06. The van der Waals surface area contributed by atoms with Gasteiger partial charge in [-0.05, 0) is 25.1 Å². The van der Waals surface area contributed by atoms with Crippen LogP contribution in [-0.2, 0) is 6.18 Å². The van der Waals surface area contributed by atoms with E-state index >= 15 is 0 Å². The molecule has 1 aromatic carbocycles. The van der Waals surface area contributed by atoms with Gasteiger partial charge in [0.2, 0.25) is 0 Å². The first-order valence-electron chi connectivity index (χ1n) is 4.48. The Balaban J connectivity index is 2.87. The van der Waals surface area contributed by atoms with Gasteiger partial charge in [0.15, 0.2) is 6.10 Å². The summed E-state index contributed by atoms with van der Waals surface area (Å²) >= 11 is 0. The van der Waals surface area contributed by atoms with E-state index in [0.29, 0.717) is 0 Å². The fourth-order valence-corrected chi connectivity index (χ4v) is 1.01. The average Bonchev–Trinajstić information content (AvgIpc) is 2.16. The molecular formula is C10H11F3N2O. The number of halogens is 3. The van der Waals surface area contributed by atoms with Gasteiger partial charge in [-0.3, -0.25) is 5.41 Å². The van der Waals surface area contributed by atoms with E-state index in [-0.39, 0.29) is 11.6 Å². The highest BCUT2D eigenvalue weighted by molar-refractivity contribution is 5.81. The number of ether oxygens (including phenoxy) is 1. The number of nitrogens with two attached hydrogens (primary N) is 1. The van der Waals surface area contributed by atoms with Crippen molar-refractivity contribution in [1.82, 2.24) is 0 Å². The van der Waals surface area contributed by atoms with Gasteiger partial charge in [-0.25, -0.2) is 0 Å². The van der Waals surface area contributed by atoms with Gasteiger partial charge in [0.05, 0.1) is 5.56 Å². The zero-order valence-corrected chi connectivity index (χ0v) is 8.51. The number of hydrogen-bond acceptors (Lipinski definition) is 2. The number of amidine groups is 1. The lowest BCUT2D eigenvalue weighted by Gasteiger charge is -2.14. The van der Waals surface area contributed by atoms with E-state index in [9.17, 15) is 13.2 Å². The first-order chi connectivity index (χ1) is 7.30. The summed E-state index contributed by atoms with van der Waals surface area (Å²) in [6, 6.07) is 4.45. The SMILES string of the molecule is CC(Oc1cccc(C(F)(F)F)c1)C(=N)N. The van der Waals surface area contributed by atoms with Gasteiger partial charge in [0, 0.05) is 0 Å². The van der Waals surface area contributed by atoms with Crippen molar-refractivity contribution in [3.63, 3.8) is 0 Å². The maximum Gasteiger partial charge on any atom is 0.416 e. The topological polar surface area (TPSA) is 59.1 Å². The van der Waals surface area contributed by atoms with Crippen molar-refractivity contribution in [2.24, 2.45) is 5.73 Å². The van der Waals surface area contributed by atoms with Gasteiger partial charge in [-0.2, -0.15) is 13.2 Å². The molecule has 0 amide bonds. The lowest BCUT2D eigenvalue weighted by molar-refractivity contribution is -0.137. The van der Waals surface area contributed by atoms with Crippen LogP contribution in [0.2, 0.25) is 0 Å². The second kappa shape index (κ2) is 4.42. The minimum Gasteiger partial charge on any atom is -0.483 e. The van der Waals surface area contributed by atoms with Crippen LogP contribution < -0.4 is 10.5 Å². The van der Waals surface area contributed by atoms with E-state index in [4.69, 9.17) is 15.9 Å². The molecule has 0 radical (unpaired) electrons. The standard InChI is InChI=1S/C10H11F3N2O/c1-6(9(14)15)16-8-4-2-3-7(5-8)10(11,12)13/h2-6H,1H3,(H3,14,15). The van der Waals surface area contributed by atoms with E-state index < -0.39 is 17.8 Å². The van der Waals surface area contributed by atoms with Crippen molar-refractivity contribution in [3.8, 4) is 5.75 Å². The number of benzene rings is 1. The third-order valence-electron chi connectivity index (χ3n) is 1.91. The number of nitrogens with one attached hydrogen (secondary N) is 1. The highest BCUT2D eigenvalue weighted by Gasteiger charge is 2.30. The summed E-state index contributed by atoms with van der Waals surface area (Å²) in [4.78, 5) is 0. The molecule has 0 saturated heterocycles. The van der Waals surface area contributed by atoms with Crippen molar-refractivity contribution < 1.29 is 17.9 Å². The largest absolute Gasteiger partial charge is 0.483 e. The van der Waals surface area contributed by atoms with Crippen molar-refractivity contribution >= 4 is 5.84 Å². The molecule has 0 spiro atoms. The van der Waals surface area contributed by atoms with Crippen LogP contribution in [0.15, 0.2) is 24.3 Å². The summed E-state index contributed by atoms with van der Waals surface area (Å²) < 4.78 is 42.1. The van der Waals surface area contributed by atoms with E-state index in [2.05, 4.69) is 0 Å². The molecule has 1 rings (SSSR count). The number of alkyl halides is 3. The van der Waals surface area contributed by atoms with Crippen molar-refractivity contribution in [3.05, 3.63) is 29.8 Å². The number of hydrogen-bond donors (Lipinski definition) is 2. The second-order valence-electron chi connectivity index (χ2n) is 3.24. The van der Waals surface area contributed by atoms with E-state index in [0.717, 1.165) is 12.1 Å². The van der Waals surface area contributed by atoms with E-state index in [1.165, 1.54) is 19.1 Å². The summed E-state index contributed by atoms with van der Waals surface area (Å²) in [5.41, 5.74) is 4.35. The highest BCUT2D eigenvalue weighted by Crippen LogP contribution is 2.31. The normalized spacial score (nSPS) is 13.2. The second-order valence-corrected chi connectivity index (χ2v) is 3.24. The lowest BCUT2D eigenvalue weighted by Crippen LogP contribution is -2.30. The molecule has 3 nitrogen and oxygen atoms in total. The first-order valence-corrected chi connectivity index (χ1v) is 4.48. The van der Waals surface area contributed by atoms with Crippen LogP contribution in [0, 0.1) is 5.41 Å². The van der Waals surface area contributed by atoms with Gasteiger partial charge in [-0.1, -0.05) is 6.07 Å². The molecule has 3 N–H and O–H groups in total. The fourth-order valence-electron chi connectivity index (χ4n) is 1.01. The predicted molar refractivity (Wildman–Crippen MR) is 53.4 cm³/mol. The minimum absolute atomic E-state index is 0.0394. The molecule has 88 valence electrons. The molecule has 16 heavy (non-hydrogen) atoms. The van der Waals surface area contributed by atoms with Gasteiger partial charge in [0.1, 0.15) is 11.6 Å². The van der Waals surface area contributed by atoms with Gasteiger partial charge >= 0.3 is 6.18 Å². The van der Waals surface area contributed by atoms with E-state index in [1.807, 2.05) is 0 Å². The van der Waals surface area contributed by atoms with Gasteiger partial charge in [-0.15, -0.1) is 0 Å². The van der Waals surface area contributed by atoms with Crippen LogP contribution >= 0.6 is 0 Å². The Hall–Kier alpha value is -1.72. The Morgan fingerprint density at radius 1 is 1.44 bits per heavy atom. The van der Waals surface area contributed by atoms with Crippen LogP contribution in [0.4, 0.5) is 13.2 Å². The zero-order valence-electron chi connectivity index (χ0n) is 8.51. The van der Waals surface area contributed by atoms with Crippen LogP contribution in [0.1, 0.15) is 12.5 Å². The third-order valence-corrected chi connectivity index (χ3v) is 1.91. The van der Waals surface area contributed by atoms with Crippen molar-refractivity contribution in [1.29, 1.82) is 5.41 Å². The first kappa shape index (κ1) is 12.4. The maximum absolute atomic E-state index is 12.3. The zero-order chi connectivity index (χ0) is 12.3. The Bertz CT molecular complexity index is 390. The molecule has 0 aromatic heterocycles. The molecule has 0 bridgehead atoms. The third kappa shape index (κ3) is 3.15. The molecule has 0 saturated carbocycles. The summed E-state index contributed by atoms with van der Waals surface area (Å²) in [6.45, 7) is 1.49. The molecule has 0 aliphatic rings. The lowest BCUT2D eigenvalue weighted by atomic mass is 10.2. The highest BCUT2D eigenvalue weighted by atomic mass is 19.4. The Morgan fingerprint density at radius 3 is 2.56 bits per heavy atom. The Kier molecular flexibility index (Phi) is 3.41. The van der Waals surface area contributed by atoms with Crippen LogP contribution in [-0.4, -0.2) is 11.9 Å². The van der Waals surface area contributed by atoms with Crippen LogP contribution in [0.25, 0.3) is 0 Å². The Labute approximate surface area is 90.5 Å². The quantitative estimate of drug-likeness (QED) is 0.621. The molecule has 1 aromatic rings. The van der Waals surface area contributed by atoms with Crippen LogP contribution in [0.5, 0.6) is 5.75 Å². The number of rotatable bonds is 3. The minimum atomic E-state index is -4.40. The molecule has 1 atom stereocenters.